The molecule has 0 spiro atoms. The Labute approximate surface area is 114 Å². The molecule has 0 bridgehead atoms. The number of hydrogen-bond acceptors (Lipinski definition) is 5. The number of hydrogen-bond donors (Lipinski definition) is 0. The lowest BCUT2D eigenvalue weighted by atomic mass is 9.78. The van der Waals surface area contributed by atoms with E-state index in [1.54, 1.807) is 25.4 Å². The molecule has 19 heavy (non-hydrogen) atoms. The van der Waals surface area contributed by atoms with E-state index in [0.29, 0.717) is 0 Å². The van der Waals surface area contributed by atoms with Gasteiger partial charge in [-0.1, -0.05) is 12.2 Å². The molecule has 1 rings (SSSR count). The molecule has 1 unspecified atom stereocenters. The molecule has 104 valence electrons. The van der Waals surface area contributed by atoms with Gasteiger partial charge in [0, 0.05) is 24.8 Å². The van der Waals surface area contributed by atoms with Gasteiger partial charge in [0.15, 0.2) is 0 Å². The van der Waals surface area contributed by atoms with E-state index in [-0.39, 0.29) is 11.7 Å². The monoisotopic (exact) mass is 265 g/mol. The maximum absolute atomic E-state index is 11.0. The fourth-order valence-electron chi connectivity index (χ4n) is 1.53. The predicted octanol–water partition coefficient (Wildman–Crippen LogP) is 1.58. The molecular weight excluding hydrogens is 245 g/mol. The molecule has 1 heterocycles. The van der Waals surface area contributed by atoms with Crippen molar-refractivity contribution >= 4 is 19.3 Å². The van der Waals surface area contributed by atoms with E-state index in [1.165, 1.54) is 13.2 Å². The first kappa shape index (κ1) is 15.7. The van der Waals surface area contributed by atoms with Gasteiger partial charge < -0.3 is 14.0 Å². The topological polar surface area (TPSA) is 57.1 Å². The second-order valence-electron chi connectivity index (χ2n) is 4.77. The molecule has 0 N–H and O–H groups in total. The fourth-order valence-corrected chi connectivity index (χ4v) is 1.53. The molecule has 1 fully saturated rings. The highest BCUT2D eigenvalue weighted by Gasteiger charge is 2.44. The second-order valence-corrected chi connectivity index (χ2v) is 4.77. The van der Waals surface area contributed by atoms with Crippen molar-refractivity contribution in [1.29, 1.82) is 0 Å². The van der Waals surface area contributed by atoms with E-state index < -0.39 is 13.1 Å². The summed E-state index contributed by atoms with van der Waals surface area (Å²) in [5.41, 5.74) is 0.400. The quantitative estimate of drug-likeness (QED) is 0.254. The van der Waals surface area contributed by atoms with Gasteiger partial charge in [-0.15, -0.1) is 0 Å². The van der Waals surface area contributed by atoms with Crippen molar-refractivity contribution in [3.8, 4) is 0 Å². The van der Waals surface area contributed by atoms with Gasteiger partial charge >= 0.3 is 13.1 Å². The minimum absolute atomic E-state index is 0.0178. The first-order chi connectivity index (χ1) is 8.90. The van der Waals surface area contributed by atoms with E-state index in [2.05, 4.69) is 9.73 Å². The summed E-state index contributed by atoms with van der Waals surface area (Å²) < 4.78 is 16.1. The van der Waals surface area contributed by atoms with Gasteiger partial charge in [0.2, 0.25) is 0 Å². The fraction of sp³-hybridized carbons (Fsp3) is 0.538. The van der Waals surface area contributed by atoms with Crippen molar-refractivity contribution in [1.82, 2.24) is 0 Å². The number of esters is 1. The normalized spacial score (nSPS) is 23.5. The Hall–Kier alpha value is -1.40. The van der Waals surface area contributed by atoms with Gasteiger partial charge in [0.05, 0.1) is 18.8 Å². The van der Waals surface area contributed by atoms with Crippen LogP contribution in [0.4, 0.5) is 0 Å². The zero-order valence-electron chi connectivity index (χ0n) is 12.0. The lowest BCUT2D eigenvalue weighted by Gasteiger charge is -2.21. The molecule has 0 saturated carbocycles. The molecule has 1 saturated heterocycles. The van der Waals surface area contributed by atoms with Crippen LogP contribution in [0.1, 0.15) is 20.8 Å². The van der Waals surface area contributed by atoms with Crippen LogP contribution in [-0.4, -0.2) is 45.2 Å². The zero-order chi connectivity index (χ0) is 14.5. The average Bonchev–Trinajstić information content (AvgIpc) is 2.62. The Morgan fingerprint density at radius 3 is 2.63 bits per heavy atom. The summed E-state index contributed by atoms with van der Waals surface area (Å²) in [6, 6.07) is 0. The average molecular weight is 265 g/mol. The van der Waals surface area contributed by atoms with Gasteiger partial charge in [-0.2, -0.15) is 0 Å². The standard InChI is InChI=1S/C13H20BNO4/c1-10-13(2,3)19-14(18-10)11(9-15-4)7-6-8-12(16)17-5/h6-10H,1-5H3/b8-6+,11-7+,15-9?. The van der Waals surface area contributed by atoms with Crippen molar-refractivity contribution in [2.45, 2.75) is 32.5 Å². The number of rotatable bonds is 4. The van der Waals surface area contributed by atoms with Gasteiger partial charge in [-0.05, 0) is 20.8 Å². The van der Waals surface area contributed by atoms with E-state index in [0.717, 1.165) is 5.47 Å². The zero-order valence-corrected chi connectivity index (χ0v) is 12.0. The molecule has 1 atom stereocenters. The number of nitrogens with zero attached hydrogens (tertiary/aromatic N) is 1. The molecule has 0 aromatic heterocycles. The Bertz CT molecular complexity index is 415. The molecule has 1 aliphatic rings. The van der Waals surface area contributed by atoms with Crippen LogP contribution in [0.3, 0.4) is 0 Å². The number of carbonyl (C=O) groups is 1. The Kier molecular flexibility index (Phi) is 5.51. The third-order valence-electron chi connectivity index (χ3n) is 2.99. The number of allylic oxidation sites excluding steroid dienone is 3. The second kappa shape index (κ2) is 6.68. The van der Waals surface area contributed by atoms with Gasteiger partial charge in [-0.3, -0.25) is 4.99 Å². The van der Waals surface area contributed by atoms with Crippen LogP contribution in [0.25, 0.3) is 0 Å². The highest BCUT2D eigenvalue weighted by molar-refractivity contribution is 6.60. The van der Waals surface area contributed by atoms with E-state index in [9.17, 15) is 4.79 Å². The summed E-state index contributed by atoms with van der Waals surface area (Å²) in [5, 5.41) is 0. The maximum Gasteiger partial charge on any atom is 0.496 e. The van der Waals surface area contributed by atoms with Crippen molar-refractivity contribution in [3.05, 3.63) is 23.7 Å². The maximum atomic E-state index is 11.0. The molecule has 0 aromatic carbocycles. The van der Waals surface area contributed by atoms with E-state index >= 15 is 0 Å². The number of ether oxygens (including phenoxy) is 1. The summed E-state index contributed by atoms with van der Waals surface area (Å²) in [7, 11) is 2.52. The smallest absolute Gasteiger partial charge is 0.466 e. The Morgan fingerprint density at radius 2 is 2.16 bits per heavy atom. The molecule has 0 radical (unpaired) electrons. The molecule has 6 heteroatoms. The van der Waals surface area contributed by atoms with Crippen LogP contribution >= 0.6 is 0 Å². The van der Waals surface area contributed by atoms with Crippen LogP contribution in [0.2, 0.25) is 0 Å². The van der Waals surface area contributed by atoms with Crippen LogP contribution in [0.5, 0.6) is 0 Å². The van der Waals surface area contributed by atoms with Gasteiger partial charge in [-0.25, -0.2) is 4.79 Å². The molecule has 0 aromatic rings. The van der Waals surface area contributed by atoms with Gasteiger partial charge in [0.25, 0.3) is 0 Å². The molecule has 1 aliphatic heterocycles. The lowest BCUT2D eigenvalue weighted by molar-refractivity contribution is -0.134. The Morgan fingerprint density at radius 1 is 1.47 bits per heavy atom. The highest BCUT2D eigenvalue weighted by Crippen LogP contribution is 2.29. The Balaban J connectivity index is 2.82. The largest absolute Gasteiger partial charge is 0.496 e. The lowest BCUT2D eigenvalue weighted by Crippen LogP contribution is -2.30. The summed E-state index contributed by atoms with van der Waals surface area (Å²) in [6.45, 7) is 5.91. The predicted molar refractivity (Wildman–Crippen MR) is 75.1 cm³/mol. The molecular formula is C13H20BNO4. The molecule has 0 amide bonds. The van der Waals surface area contributed by atoms with Crippen molar-refractivity contribution in [2.24, 2.45) is 4.99 Å². The molecule has 0 aliphatic carbocycles. The van der Waals surface area contributed by atoms with Crippen LogP contribution in [0.15, 0.2) is 28.7 Å². The van der Waals surface area contributed by atoms with Crippen molar-refractivity contribution in [2.75, 3.05) is 14.2 Å². The minimum atomic E-state index is -0.476. The number of methoxy groups -OCH3 is 1. The first-order valence-corrected chi connectivity index (χ1v) is 6.12. The number of carbonyl (C=O) groups excluding carboxylic acids is 1. The van der Waals surface area contributed by atoms with Crippen molar-refractivity contribution in [3.63, 3.8) is 0 Å². The minimum Gasteiger partial charge on any atom is -0.466 e. The molecule has 5 nitrogen and oxygen atoms in total. The summed E-state index contributed by atoms with van der Waals surface area (Å²) in [4.78, 5) is 15.0. The van der Waals surface area contributed by atoms with Crippen LogP contribution in [0, 0.1) is 0 Å². The highest BCUT2D eigenvalue weighted by atomic mass is 16.7. The third-order valence-corrected chi connectivity index (χ3v) is 2.99. The first-order valence-electron chi connectivity index (χ1n) is 6.12. The van der Waals surface area contributed by atoms with E-state index in [1.807, 2.05) is 20.8 Å². The SMILES string of the molecule is CN=C/C(=C\C=C\C(=O)OC)B1OC(C)C(C)(C)O1. The summed E-state index contributed by atoms with van der Waals surface area (Å²) in [6.07, 6.45) is 6.28. The van der Waals surface area contributed by atoms with E-state index in [4.69, 9.17) is 9.31 Å². The van der Waals surface area contributed by atoms with Gasteiger partial charge in [0.1, 0.15) is 0 Å². The summed E-state index contributed by atoms with van der Waals surface area (Å²) in [5.74, 6) is -0.411. The van der Waals surface area contributed by atoms with Crippen LogP contribution in [-0.2, 0) is 18.8 Å². The van der Waals surface area contributed by atoms with Crippen molar-refractivity contribution < 1.29 is 18.8 Å². The third kappa shape index (κ3) is 4.33. The number of aliphatic imine (C=N–C) groups is 1. The van der Waals surface area contributed by atoms with Crippen LogP contribution < -0.4 is 0 Å². The summed E-state index contributed by atoms with van der Waals surface area (Å²) >= 11 is 0.